The quantitative estimate of drug-likeness (QED) is 0.191. The van der Waals surface area contributed by atoms with Gasteiger partial charge in [-0.3, -0.25) is 0 Å². The Kier molecular flexibility index (Phi) is 9.25. The summed E-state index contributed by atoms with van der Waals surface area (Å²) in [5.74, 6) is 5.58. The van der Waals surface area contributed by atoms with Crippen LogP contribution in [0.5, 0.6) is 5.75 Å². The number of benzene rings is 2. The highest BCUT2D eigenvalue weighted by Gasteiger charge is 2.32. The lowest BCUT2D eigenvalue weighted by atomic mass is 10.0. The molecule has 2 aromatic carbocycles. The van der Waals surface area contributed by atoms with Crippen LogP contribution in [0, 0.1) is 17.7 Å². The van der Waals surface area contributed by atoms with E-state index in [0.717, 1.165) is 23.2 Å². The number of likely N-dealkylation sites (tertiary alicyclic amines) is 1. The summed E-state index contributed by atoms with van der Waals surface area (Å²) in [7, 11) is 2.78. The zero-order valence-electron chi connectivity index (χ0n) is 22.2. The zero-order valence-corrected chi connectivity index (χ0v) is 23.9. The Bertz CT molecular complexity index is 1380. The standard InChI is InChI=1S/C28H31F5N3OPS/c1-36-12-10-22(21(30)16-36)35-23-8-5-7-18-19(15-28(31,32)33)25(39-27(18)23)9-6-11-34-26-20(29)13-17(38(3)4)14-24(26)37-2/h5,7-8,13-14,21-22,34-35H,10-12,15-16H2,1-4H3/t21-,22+/m0/s1. The number of anilines is 2. The van der Waals surface area contributed by atoms with Crippen LogP contribution >= 0.6 is 19.3 Å². The fraction of sp³-hybridized carbons (Fsp3) is 0.429. The van der Waals surface area contributed by atoms with Crippen molar-refractivity contribution < 1.29 is 26.7 Å². The predicted octanol–water partition coefficient (Wildman–Crippen LogP) is 6.44. The molecule has 2 heterocycles. The molecule has 0 bridgehead atoms. The fourth-order valence-corrected chi connectivity index (χ4v) is 6.51. The average molecular weight is 584 g/mol. The van der Waals surface area contributed by atoms with Gasteiger partial charge in [0.15, 0.2) is 5.82 Å². The zero-order chi connectivity index (χ0) is 28.3. The Morgan fingerprint density at radius 2 is 2.00 bits per heavy atom. The SMILES string of the molecule is COc1cc(P(C)C)cc(F)c1NCC#Cc1sc2c(N[C@@H]3CCN(C)C[C@@H]3F)cccc2c1CC(F)(F)F. The molecule has 1 aromatic heterocycles. The number of ether oxygens (including phenoxy) is 1. The molecule has 2 atom stereocenters. The second-order valence-electron chi connectivity index (χ2n) is 9.76. The van der Waals surface area contributed by atoms with Crippen molar-refractivity contribution in [3.63, 3.8) is 0 Å². The highest BCUT2D eigenvalue weighted by molar-refractivity contribution is 7.64. The second-order valence-corrected chi connectivity index (χ2v) is 13.1. The van der Waals surface area contributed by atoms with Crippen LogP contribution in [0.25, 0.3) is 10.1 Å². The topological polar surface area (TPSA) is 36.5 Å². The van der Waals surface area contributed by atoms with E-state index in [-0.39, 0.29) is 22.7 Å². The summed E-state index contributed by atoms with van der Waals surface area (Å²) in [6.45, 7) is 5.05. The van der Waals surface area contributed by atoms with E-state index in [1.54, 1.807) is 24.3 Å². The first kappa shape index (κ1) is 29.4. The number of nitrogens with one attached hydrogen (secondary N) is 2. The van der Waals surface area contributed by atoms with Gasteiger partial charge in [-0.2, -0.15) is 13.2 Å². The first-order chi connectivity index (χ1) is 18.5. The van der Waals surface area contributed by atoms with Crippen molar-refractivity contribution in [2.24, 2.45) is 0 Å². The molecule has 39 heavy (non-hydrogen) atoms. The van der Waals surface area contributed by atoms with Crippen LogP contribution in [0.15, 0.2) is 30.3 Å². The molecule has 210 valence electrons. The lowest BCUT2D eigenvalue weighted by Gasteiger charge is -2.33. The van der Waals surface area contributed by atoms with E-state index in [2.05, 4.69) is 22.5 Å². The molecule has 1 aliphatic rings. The highest BCUT2D eigenvalue weighted by Crippen LogP contribution is 2.39. The van der Waals surface area contributed by atoms with Crippen LogP contribution in [0.2, 0.25) is 0 Å². The first-order valence-electron chi connectivity index (χ1n) is 12.4. The van der Waals surface area contributed by atoms with Gasteiger partial charge in [0.1, 0.15) is 17.6 Å². The molecule has 3 aromatic rings. The number of piperidine rings is 1. The van der Waals surface area contributed by atoms with Gasteiger partial charge < -0.3 is 20.3 Å². The van der Waals surface area contributed by atoms with E-state index < -0.39 is 38.5 Å². The molecular weight excluding hydrogens is 552 g/mol. The minimum Gasteiger partial charge on any atom is -0.494 e. The maximum Gasteiger partial charge on any atom is 0.393 e. The number of hydrogen-bond acceptors (Lipinski definition) is 5. The number of nitrogens with zero attached hydrogens (tertiary/aromatic N) is 1. The van der Waals surface area contributed by atoms with E-state index in [4.69, 9.17) is 4.74 Å². The van der Waals surface area contributed by atoms with Crippen molar-refractivity contribution in [3.8, 4) is 17.6 Å². The summed E-state index contributed by atoms with van der Waals surface area (Å²) in [5, 5.41) is 7.43. The molecule has 0 spiro atoms. The van der Waals surface area contributed by atoms with Gasteiger partial charge in [-0.15, -0.1) is 11.3 Å². The van der Waals surface area contributed by atoms with E-state index in [1.807, 2.05) is 25.3 Å². The third kappa shape index (κ3) is 7.13. The molecule has 0 saturated carbocycles. The van der Waals surface area contributed by atoms with Crippen molar-refractivity contribution >= 4 is 46.0 Å². The smallest absolute Gasteiger partial charge is 0.393 e. The summed E-state index contributed by atoms with van der Waals surface area (Å²) < 4.78 is 76.0. The van der Waals surface area contributed by atoms with Gasteiger partial charge in [0.25, 0.3) is 0 Å². The Labute approximate surface area is 230 Å². The van der Waals surface area contributed by atoms with Crippen molar-refractivity contribution in [1.82, 2.24) is 4.90 Å². The van der Waals surface area contributed by atoms with Gasteiger partial charge in [-0.1, -0.05) is 31.9 Å². The van der Waals surface area contributed by atoms with Crippen LogP contribution in [-0.2, 0) is 6.42 Å². The van der Waals surface area contributed by atoms with Crippen LogP contribution < -0.4 is 20.7 Å². The maximum absolute atomic E-state index is 14.7. The molecule has 4 nitrogen and oxygen atoms in total. The van der Waals surface area contributed by atoms with E-state index in [1.165, 1.54) is 13.2 Å². The first-order valence-corrected chi connectivity index (χ1v) is 15.5. The number of halogens is 5. The third-order valence-corrected chi connectivity index (χ3v) is 9.10. The Morgan fingerprint density at radius 1 is 1.23 bits per heavy atom. The van der Waals surface area contributed by atoms with Crippen LogP contribution in [-0.4, -0.2) is 70.4 Å². The van der Waals surface area contributed by atoms with Crippen molar-refractivity contribution in [1.29, 1.82) is 0 Å². The molecule has 11 heteroatoms. The Balaban J connectivity index is 1.62. The van der Waals surface area contributed by atoms with Crippen molar-refractivity contribution in [3.05, 3.63) is 46.6 Å². The Morgan fingerprint density at radius 3 is 2.67 bits per heavy atom. The minimum absolute atomic E-state index is 0.00354. The third-order valence-electron chi connectivity index (χ3n) is 6.61. The van der Waals surface area contributed by atoms with Gasteiger partial charge in [-0.05, 0) is 61.3 Å². The van der Waals surface area contributed by atoms with Crippen molar-refractivity contribution in [2.75, 3.05) is 57.8 Å². The number of fused-ring (bicyclic) bond motifs is 1. The molecule has 1 fully saturated rings. The van der Waals surface area contributed by atoms with Gasteiger partial charge >= 0.3 is 6.18 Å². The Hall–Kier alpha value is -2.60. The minimum atomic E-state index is -4.43. The molecule has 1 aliphatic heterocycles. The summed E-state index contributed by atoms with van der Waals surface area (Å²) in [6, 6.07) is 7.89. The van der Waals surface area contributed by atoms with Gasteiger partial charge in [0.05, 0.1) is 41.4 Å². The molecule has 0 unspecified atom stereocenters. The number of alkyl halides is 4. The predicted molar refractivity (Wildman–Crippen MR) is 153 cm³/mol. The van der Waals surface area contributed by atoms with E-state index in [0.29, 0.717) is 34.5 Å². The number of methoxy groups -OCH3 is 1. The summed E-state index contributed by atoms with van der Waals surface area (Å²) in [5.41, 5.74) is 0.846. The summed E-state index contributed by atoms with van der Waals surface area (Å²) in [6.07, 6.45) is -6.06. The number of rotatable bonds is 7. The normalized spacial score (nSPS) is 18.2. The van der Waals surface area contributed by atoms with Gasteiger partial charge in [-0.25, -0.2) is 8.78 Å². The number of hydrogen-bond donors (Lipinski definition) is 2. The number of thiophene rings is 1. The summed E-state index contributed by atoms with van der Waals surface area (Å²) >= 11 is 1.15. The lowest BCUT2D eigenvalue weighted by Crippen LogP contribution is -2.46. The molecule has 0 radical (unpaired) electrons. The maximum atomic E-state index is 14.7. The highest BCUT2D eigenvalue weighted by atomic mass is 32.1. The molecule has 4 rings (SSSR count). The second kappa shape index (κ2) is 12.3. The van der Waals surface area contributed by atoms with Crippen molar-refractivity contribution in [2.45, 2.75) is 31.2 Å². The van der Waals surface area contributed by atoms with Crippen LogP contribution in [0.3, 0.4) is 0 Å². The largest absolute Gasteiger partial charge is 0.494 e. The van der Waals surface area contributed by atoms with Gasteiger partial charge in [0, 0.05) is 13.1 Å². The summed E-state index contributed by atoms with van der Waals surface area (Å²) in [4.78, 5) is 2.20. The average Bonchev–Trinajstić information content (AvgIpc) is 3.20. The molecule has 0 aliphatic carbocycles. The van der Waals surface area contributed by atoms with Crippen LogP contribution in [0.4, 0.5) is 33.3 Å². The van der Waals surface area contributed by atoms with Crippen LogP contribution in [0.1, 0.15) is 16.9 Å². The molecular formula is C28H31F5N3OPS. The molecule has 2 N–H and O–H groups in total. The van der Waals surface area contributed by atoms with E-state index >= 15 is 0 Å². The molecule has 1 saturated heterocycles. The van der Waals surface area contributed by atoms with Gasteiger partial charge in [0.2, 0.25) is 0 Å². The van der Waals surface area contributed by atoms with E-state index in [9.17, 15) is 22.0 Å². The fourth-order valence-electron chi connectivity index (χ4n) is 4.60. The molecule has 0 amide bonds. The lowest BCUT2D eigenvalue weighted by molar-refractivity contribution is -0.126. The monoisotopic (exact) mass is 583 g/mol.